The second-order valence-corrected chi connectivity index (χ2v) is 6.93. The van der Waals surface area contributed by atoms with Crippen molar-refractivity contribution in [3.05, 3.63) is 89.0 Å². The summed E-state index contributed by atoms with van der Waals surface area (Å²) in [5.41, 5.74) is 2.78. The minimum Gasteiger partial charge on any atom is -0.493 e. The van der Waals surface area contributed by atoms with Gasteiger partial charge in [0, 0.05) is 5.56 Å². The van der Waals surface area contributed by atoms with Gasteiger partial charge in [0.15, 0.2) is 28.8 Å². The summed E-state index contributed by atoms with van der Waals surface area (Å²) in [6.45, 7) is 2.10. The van der Waals surface area contributed by atoms with Crippen molar-refractivity contribution in [3.8, 4) is 23.0 Å². The Morgan fingerprint density at radius 2 is 1.61 bits per heavy atom. The molecule has 0 saturated heterocycles. The number of carbonyl (C=O) groups excluding carboxylic acids is 2. The van der Waals surface area contributed by atoms with Gasteiger partial charge >= 0.3 is 5.97 Å². The van der Waals surface area contributed by atoms with Crippen molar-refractivity contribution in [1.29, 1.82) is 0 Å². The number of rotatable bonds is 6. The summed E-state index contributed by atoms with van der Waals surface area (Å²) in [4.78, 5) is 24.9. The van der Waals surface area contributed by atoms with Gasteiger partial charge in [-0.05, 0) is 48.9 Å². The Morgan fingerprint density at radius 3 is 2.39 bits per heavy atom. The van der Waals surface area contributed by atoms with E-state index in [1.165, 1.54) is 13.2 Å². The third-order valence-corrected chi connectivity index (χ3v) is 4.76. The lowest BCUT2D eigenvalue weighted by Crippen LogP contribution is -2.09. The molecule has 0 N–H and O–H groups in total. The zero-order valence-corrected chi connectivity index (χ0v) is 17.1. The van der Waals surface area contributed by atoms with Crippen LogP contribution in [-0.2, 0) is 0 Å². The lowest BCUT2D eigenvalue weighted by Gasteiger charge is -2.10. The van der Waals surface area contributed by atoms with Crippen LogP contribution in [0.2, 0.25) is 0 Å². The summed E-state index contributed by atoms with van der Waals surface area (Å²) in [7, 11) is 1.48. The largest absolute Gasteiger partial charge is 0.493 e. The number of esters is 1. The van der Waals surface area contributed by atoms with Crippen molar-refractivity contribution in [3.63, 3.8) is 0 Å². The molecule has 0 spiro atoms. The Balaban J connectivity index is 1.48. The molecule has 0 amide bonds. The summed E-state index contributed by atoms with van der Waals surface area (Å²) in [6.07, 6.45) is 3.19. The van der Waals surface area contributed by atoms with E-state index in [2.05, 4.69) is 0 Å². The average molecular weight is 416 g/mol. The number of benzene rings is 3. The number of aryl methyl sites for hydroxylation is 1. The molecule has 0 radical (unpaired) electrons. The van der Waals surface area contributed by atoms with Crippen LogP contribution in [0, 0.1) is 6.92 Å². The zero-order chi connectivity index (χ0) is 21.8. The molecule has 4 rings (SSSR count). The predicted molar refractivity (Wildman–Crippen MR) is 115 cm³/mol. The average Bonchev–Trinajstić information content (AvgIpc) is 3.26. The summed E-state index contributed by atoms with van der Waals surface area (Å²) < 4.78 is 21.4. The third kappa shape index (κ3) is 4.59. The molecule has 0 bridgehead atoms. The fraction of sp³-hybridized carbons (Fsp3) is 0.120. The first-order valence-corrected chi connectivity index (χ1v) is 9.62. The monoisotopic (exact) mass is 416 g/mol. The van der Waals surface area contributed by atoms with Gasteiger partial charge in [0.05, 0.1) is 12.7 Å². The molecule has 0 aromatic heterocycles. The van der Waals surface area contributed by atoms with E-state index in [0.29, 0.717) is 28.4 Å². The van der Waals surface area contributed by atoms with Crippen molar-refractivity contribution in [1.82, 2.24) is 0 Å². The van der Waals surface area contributed by atoms with Gasteiger partial charge in [0.1, 0.15) is 0 Å². The molecule has 0 saturated carbocycles. The number of ketones is 1. The Morgan fingerprint density at radius 1 is 0.871 bits per heavy atom. The van der Waals surface area contributed by atoms with E-state index in [0.717, 1.165) is 11.1 Å². The number of ether oxygens (including phenoxy) is 4. The summed E-state index contributed by atoms with van der Waals surface area (Å²) in [6, 6.07) is 17.3. The second kappa shape index (κ2) is 8.75. The van der Waals surface area contributed by atoms with E-state index in [-0.39, 0.29) is 18.3 Å². The number of methoxy groups -OCH3 is 1. The highest BCUT2D eigenvalue weighted by atomic mass is 16.7. The SMILES string of the molecule is COc1cc(C=CC(=O)c2ccc(C)cc2)ccc1OC(=O)c1ccc2c(c1)OCO2. The maximum absolute atomic E-state index is 12.5. The highest BCUT2D eigenvalue weighted by Crippen LogP contribution is 2.34. The number of hydrogen-bond acceptors (Lipinski definition) is 6. The van der Waals surface area contributed by atoms with Crippen molar-refractivity contribution < 1.29 is 28.5 Å². The van der Waals surface area contributed by atoms with Gasteiger partial charge in [0.2, 0.25) is 6.79 Å². The lowest BCUT2D eigenvalue weighted by molar-refractivity contribution is 0.0729. The number of allylic oxidation sites excluding steroid dienone is 1. The number of fused-ring (bicyclic) bond motifs is 1. The number of carbonyl (C=O) groups is 2. The molecular weight excluding hydrogens is 396 g/mol. The molecule has 6 heteroatoms. The van der Waals surface area contributed by atoms with Gasteiger partial charge in [-0.3, -0.25) is 4.79 Å². The number of hydrogen-bond donors (Lipinski definition) is 0. The molecule has 0 atom stereocenters. The van der Waals surface area contributed by atoms with Crippen LogP contribution in [0.25, 0.3) is 6.08 Å². The van der Waals surface area contributed by atoms with Gasteiger partial charge in [-0.2, -0.15) is 0 Å². The standard InChI is InChI=1S/C25H20O6/c1-16-3-7-18(8-4-16)20(26)10-5-17-6-11-22(23(13-17)28-2)31-25(27)19-9-12-21-24(14-19)30-15-29-21/h3-14H,15H2,1-2H3. The Bertz CT molecular complexity index is 1160. The second-order valence-electron chi connectivity index (χ2n) is 6.93. The van der Waals surface area contributed by atoms with Crippen LogP contribution in [0.5, 0.6) is 23.0 Å². The van der Waals surface area contributed by atoms with E-state index in [1.807, 2.05) is 19.1 Å². The molecule has 1 aliphatic heterocycles. The summed E-state index contributed by atoms with van der Waals surface area (Å²) in [5.74, 6) is 1.09. The highest BCUT2D eigenvalue weighted by Gasteiger charge is 2.18. The van der Waals surface area contributed by atoms with Crippen LogP contribution in [0.4, 0.5) is 0 Å². The van der Waals surface area contributed by atoms with Crippen LogP contribution in [0.1, 0.15) is 31.8 Å². The fourth-order valence-corrected chi connectivity index (χ4v) is 3.04. The molecule has 31 heavy (non-hydrogen) atoms. The Hall–Kier alpha value is -4.06. The van der Waals surface area contributed by atoms with Crippen LogP contribution in [0.3, 0.4) is 0 Å². The molecule has 0 fully saturated rings. The molecule has 3 aromatic carbocycles. The summed E-state index contributed by atoms with van der Waals surface area (Å²) >= 11 is 0. The van der Waals surface area contributed by atoms with Crippen molar-refractivity contribution >= 4 is 17.8 Å². The van der Waals surface area contributed by atoms with Crippen molar-refractivity contribution in [2.75, 3.05) is 13.9 Å². The third-order valence-electron chi connectivity index (χ3n) is 4.76. The fourth-order valence-electron chi connectivity index (χ4n) is 3.04. The van der Waals surface area contributed by atoms with Crippen molar-refractivity contribution in [2.24, 2.45) is 0 Å². The molecule has 3 aromatic rings. The minimum absolute atomic E-state index is 0.0997. The molecule has 0 aliphatic carbocycles. The topological polar surface area (TPSA) is 71.1 Å². The van der Waals surface area contributed by atoms with E-state index in [1.54, 1.807) is 54.6 Å². The highest BCUT2D eigenvalue weighted by molar-refractivity contribution is 6.06. The zero-order valence-electron chi connectivity index (χ0n) is 17.1. The molecule has 1 aliphatic rings. The van der Waals surface area contributed by atoms with Crippen LogP contribution < -0.4 is 18.9 Å². The van der Waals surface area contributed by atoms with Crippen LogP contribution in [-0.4, -0.2) is 25.7 Å². The molecule has 6 nitrogen and oxygen atoms in total. The van der Waals surface area contributed by atoms with Gasteiger partial charge in [-0.1, -0.05) is 42.0 Å². The van der Waals surface area contributed by atoms with E-state index < -0.39 is 5.97 Å². The first kappa shape index (κ1) is 20.2. The van der Waals surface area contributed by atoms with Crippen LogP contribution >= 0.6 is 0 Å². The van der Waals surface area contributed by atoms with E-state index in [9.17, 15) is 9.59 Å². The van der Waals surface area contributed by atoms with E-state index >= 15 is 0 Å². The Kier molecular flexibility index (Phi) is 5.71. The van der Waals surface area contributed by atoms with Crippen molar-refractivity contribution in [2.45, 2.75) is 6.92 Å². The van der Waals surface area contributed by atoms with Gasteiger partial charge in [-0.25, -0.2) is 4.79 Å². The molecule has 0 unspecified atom stereocenters. The van der Waals surface area contributed by atoms with Gasteiger partial charge in [-0.15, -0.1) is 0 Å². The Labute approximate surface area is 179 Å². The lowest BCUT2D eigenvalue weighted by atomic mass is 10.1. The molecule has 1 heterocycles. The van der Waals surface area contributed by atoms with Gasteiger partial charge < -0.3 is 18.9 Å². The summed E-state index contributed by atoms with van der Waals surface area (Å²) in [5, 5.41) is 0. The maximum Gasteiger partial charge on any atom is 0.343 e. The van der Waals surface area contributed by atoms with Crippen LogP contribution in [0.15, 0.2) is 66.7 Å². The molecule has 156 valence electrons. The first-order chi connectivity index (χ1) is 15.0. The predicted octanol–water partition coefficient (Wildman–Crippen LogP) is 4.85. The smallest absolute Gasteiger partial charge is 0.343 e. The quantitative estimate of drug-likeness (QED) is 0.248. The van der Waals surface area contributed by atoms with Gasteiger partial charge in [0.25, 0.3) is 0 Å². The maximum atomic E-state index is 12.5. The van der Waals surface area contributed by atoms with E-state index in [4.69, 9.17) is 18.9 Å². The minimum atomic E-state index is -0.547. The normalized spacial score (nSPS) is 12.1. The molecular formula is C25H20O6. The first-order valence-electron chi connectivity index (χ1n) is 9.62.